The van der Waals surface area contributed by atoms with E-state index in [0.29, 0.717) is 17.5 Å². The topological polar surface area (TPSA) is 49.0 Å². The van der Waals surface area contributed by atoms with E-state index in [0.717, 1.165) is 25.2 Å². The summed E-state index contributed by atoms with van der Waals surface area (Å²) in [6.45, 7) is 3.77. The van der Waals surface area contributed by atoms with Crippen molar-refractivity contribution in [2.24, 2.45) is 0 Å². The highest BCUT2D eigenvalue weighted by molar-refractivity contribution is 5.92. The predicted octanol–water partition coefficient (Wildman–Crippen LogP) is 3.23. The molecule has 1 aromatic carbocycles. The normalized spacial score (nSPS) is 21.3. The molecule has 0 bridgehead atoms. The number of aromatic amines is 1. The third-order valence-electron chi connectivity index (χ3n) is 4.94. The van der Waals surface area contributed by atoms with E-state index < -0.39 is 0 Å². The third kappa shape index (κ3) is 2.43. The molecule has 1 unspecified atom stereocenters. The summed E-state index contributed by atoms with van der Waals surface area (Å²) in [7, 11) is 0. The summed E-state index contributed by atoms with van der Waals surface area (Å²) in [5.74, 6) is 1.12. The number of nitrogens with zero attached hydrogens (tertiary/aromatic N) is 2. The van der Waals surface area contributed by atoms with Gasteiger partial charge in [0.15, 0.2) is 0 Å². The van der Waals surface area contributed by atoms with Gasteiger partial charge >= 0.3 is 0 Å². The van der Waals surface area contributed by atoms with Crippen LogP contribution in [0.15, 0.2) is 30.3 Å². The first kappa shape index (κ1) is 13.6. The summed E-state index contributed by atoms with van der Waals surface area (Å²) in [4.78, 5) is 14.6. The molecule has 1 saturated carbocycles. The number of carbonyl (C=O) groups excluding carboxylic acids is 1. The highest BCUT2D eigenvalue weighted by Gasteiger charge is 2.31. The van der Waals surface area contributed by atoms with Crippen molar-refractivity contribution in [1.82, 2.24) is 15.1 Å². The smallest absolute Gasteiger partial charge is 0.274 e. The second kappa shape index (κ2) is 5.27. The van der Waals surface area contributed by atoms with Crippen molar-refractivity contribution in [2.75, 3.05) is 13.1 Å². The van der Waals surface area contributed by atoms with Crippen LogP contribution < -0.4 is 0 Å². The Balaban J connectivity index is 1.47. The lowest BCUT2D eigenvalue weighted by atomic mass is 9.94. The number of nitrogens with one attached hydrogen (secondary N) is 1. The van der Waals surface area contributed by atoms with E-state index in [1.165, 1.54) is 24.0 Å². The van der Waals surface area contributed by atoms with Crippen LogP contribution in [0.2, 0.25) is 0 Å². The van der Waals surface area contributed by atoms with E-state index in [1.54, 1.807) is 0 Å². The van der Waals surface area contributed by atoms with Gasteiger partial charge in [0.2, 0.25) is 0 Å². The SMILES string of the molecule is Cc1ccccc1C1CCN(C(=O)c2cc(C3CC3)[nH]n2)C1. The van der Waals surface area contributed by atoms with Gasteiger partial charge in [-0.3, -0.25) is 9.89 Å². The van der Waals surface area contributed by atoms with Crippen molar-refractivity contribution in [3.63, 3.8) is 0 Å². The number of hydrogen-bond donors (Lipinski definition) is 1. The maximum Gasteiger partial charge on any atom is 0.274 e. The Hall–Kier alpha value is -2.10. The van der Waals surface area contributed by atoms with Crippen LogP contribution in [-0.4, -0.2) is 34.1 Å². The highest BCUT2D eigenvalue weighted by Crippen LogP contribution is 2.39. The van der Waals surface area contributed by atoms with Crippen molar-refractivity contribution in [3.8, 4) is 0 Å². The molecule has 2 heterocycles. The molecule has 1 aliphatic heterocycles. The Morgan fingerprint density at radius 2 is 2.05 bits per heavy atom. The largest absolute Gasteiger partial charge is 0.337 e. The zero-order chi connectivity index (χ0) is 15.1. The zero-order valence-electron chi connectivity index (χ0n) is 12.9. The number of likely N-dealkylation sites (tertiary alicyclic amines) is 1. The molecule has 2 aromatic rings. The van der Waals surface area contributed by atoms with Crippen molar-refractivity contribution >= 4 is 5.91 Å². The van der Waals surface area contributed by atoms with Gasteiger partial charge in [-0.25, -0.2) is 0 Å². The number of benzene rings is 1. The first-order valence-corrected chi connectivity index (χ1v) is 8.12. The molecule has 1 saturated heterocycles. The number of hydrogen-bond acceptors (Lipinski definition) is 2. The molecule has 1 atom stereocenters. The van der Waals surface area contributed by atoms with Gasteiger partial charge < -0.3 is 4.90 Å². The lowest BCUT2D eigenvalue weighted by Crippen LogP contribution is -2.28. The van der Waals surface area contributed by atoms with E-state index in [4.69, 9.17) is 0 Å². The van der Waals surface area contributed by atoms with Gasteiger partial charge in [0.25, 0.3) is 5.91 Å². The summed E-state index contributed by atoms with van der Waals surface area (Å²) in [5, 5.41) is 7.25. The van der Waals surface area contributed by atoms with Crippen LogP contribution in [0.5, 0.6) is 0 Å². The van der Waals surface area contributed by atoms with Crippen molar-refractivity contribution < 1.29 is 4.79 Å². The van der Waals surface area contributed by atoms with Gasteiger partial charge in [0.1, 0.15) is 5.69 Å². The van der Waals surface area contributed by atoms with Gasteiger partial charge in [-0.2, -0.15) is 5.10 Å². The fourth-order valence-electron chi connectivity index (χ4n) is 3.46. The maximum atomic E-state index is 12.6. The van der Waals surface area contributed by atoms with Crippen LogP contribution in [0, 0.1) is 6.92 Å². The number of aryl methyl sites for hydroxylation is 1. The average Bonchev–Trinajstić information content (AvgIpc) is 3.08. The first-order chi connectivity index (χ1) is 10.7. The summed E-state index contributed by atoms with van der Waals surface area (Å²) in [5.41, 5.74) is 4.39. The minimum atomic E-state index is 0.0687. The van der Waals surface area contributed by atoms with Crippen molar-refractivity contribution in [3.05, 3.63) is 52.8 Å². The van der Waals surface area contributed by atoms with E-state index in [9.17, 15) is 4.79 Å². The monoisotopic (exact) mass is 295 g/mol. The van der Waals surface area contributed by atoms with E-state index in [-0.39, 0.29) is 5.91 Å². The van der Waals surface area contributed by atoms with Gasteiger partial charge in [-0.15, -0.1) is 0 Å². The van der Waals surface area contributed by atoms with Gasteiger partial charge in [0, 0.05) is 30.6 Å². The lowest BCUT2D eigenvalue weighted by molar-refractivity contribution is 0.0785. The maximum absolute atomic E-state index is 12.6. The molecule has 22 heavy (non-hydrogen) atoms. The number of rotatable bonds is 3. The van der Waals surface area contributed by atoms with Gasteiger partial charge in [-0.05, 0) is 43.4 Å². The number of aromatic nitrogens is 2. The Bertz CT molecular complexity index is 702. The van der Waals surface area contributed by atoms with Crippen LogP contribution in [-0.2, 0) is 0 Å². The Morgan fingerprint density at radius 1 is 1.23 bits per heavy atom. The molecule has 114 valence electrons. The van der Waals surface area contributed by atoms with Gasteiger partial charge in [0.05, 0.1) is 0 Å². The Kier molecular flexibility index (Phi) is 3.25. The molecular formula is C18H21N3O. The van der Waals surface area contributed by atoms with Crippen molar-refractivity contribution in [1.29, 1.82) is 0 Å². The molecule has 2 aliphatic rings. The Morgan fingerprint density at radius 3 is 2.82 bits per heavy atom. The number of amides is 1. The quantitative estimate of drug-likeness (QED) is 0.945. The van der Waals surface area contributed by atoms with Crippen LogP contribution in [0.3, 0.4) is 0 Å². The molecule has 1 aromatic heterocycles. The molecule has 0 spiro atoms. The molecule has 1 N–H and O–H groups in total. The minimum absolute atomic E-state index is 0.0687. The minimum Gasteiger partial charge on any atom is -0.337 e. The van der Waals surface area contributed by atoms with Crippen LogP contribution in [0.4, 0.5) is 0 Å². The van der Waals surface area contributed by atoms with Crippen LogP contribution in [0.25, 0.3) is 0 Å². The van der Waals surface area contributed by atoms with E-state index in [1.807, 2.05) is 11.0 Å². The standard InChI is InChI=1S/C18H21N3O/c1-12-4-2-3-5-15(12)14-8-9-21(11-14)18(22)17-10-16(19-20-17)13-6-7-13/h2-5,10,13-14H,6-9,11H2,1H3,(H,19,20). The molecule has 4 rings (SSSR count). The fourth-order valence-corrected chi connectivity index (χ4v) is 3.46. The highest BCUT2D eigenvalue weighted by atomic mass is 16.2. The van der Waals surface area contributed by atoms with E-state index >= 15 is 0 Å². The summed E-state index contributed by atoms with van der Waals surface area (Å²) >= 11 is 0. The molecule has 0 radical (unpaired) electrons. The molecular weight excluding hydrogens is 274 g/mol. The molecule has 4 nitrogen and oxygen atoms in total. The number of H-pyrrole nitrogens is 1. The molecule has 1 amide bonds. The first-order valence-electron chi connectivity index (χ1n) is 8.12. The summed E-state index contributed by atoms with van der Waals surface area (Å²) in [6, 6.07) is 10.4. The second-order valence-corrected chi connectivity index (χ2v) is 6.58. The fraction of sp³-hybridized carbons (Fsp3) is 0.444. The summed E-state index contributed by atoms with van der Waals surface area (Å²) in [6.07, 6.45) is 3.47. The average molecular weight is 295 g/mol. The lowest BCUT2D eigenvalue weighted by Gasteiger charge is -2.16. The Labute approximate surface area is 130 Å². The number of carbonyl (C=O) groups is 1. The molecule has 1 aliphatic carbocycles. The van der Waals surface area contributed by atoms with E-state index in [2.05, 4.69) is 41.4 Å². The second-order valence-electron chi connectivity index (χ2n) is 6.58. The summed E-state index contributed by atoms with van der Waals surface area (Å²) < 4.78 is 0. The van der Waals surface area contributed by atoms with Crippen molar-refractivity contribution in [2.45, 2.75) is 38.0 Å². The van der Waals surface area contributed by atoms with Crippen LogP contribution in [0.1, 0.15) is 58.4 Å². The zero-order valence-corrected chi connectivity index (χ0v) is 12.9. The third-order valence-corrected chi connectivity index (χ3v) is 4.94. The van der Waals surface area contributed by atoms with Gasteiger partial charge in [-0.1, -0.05) is 24.3 Å². The molecule has 4 heteroatoms. The molecule has 2 fully saturated rings. The van der Waals surface area contributed by atoms with Crippen LogP contribution >= 0.6 is 0 Å². The predicted molar refractivity (Wildman–Crippen MR) is 85.0 cm³/mol.